The molecule has 6 heavy (non-hydrogen) atoms. The maximum Gasteiger partial charge on any atom is 0.503 e. The molecule has 0 aliphatic rings. The molecule has 0 aromatic heterocycles. The molecule has 0 amide bonds. The molecule has 6 heteroatoms. The third kappa shape index (κ3) is 40.6. The van der Waals surface area contributed by atoms with Crippen LogP contribution >= 0.6 is 0 Å². The summed E-state index contributed by atoms with van der Waals surface area (Å²) in [6, 6.07) is 0. The molecule has 2 radical (unpaired) electrons. The van der Waals surface area contributed by atoms with Crippen LogP contribution in [0, 0.1) is 0 Å². The van der Waals surface area contributed by atoms with Gasteiger partial charge in [0.05, 0.1) is 0 Å². The molecule has 0 aromatic carbocycles. The summed E-state index contributed by atoms with van der Waals surface area (Å²) in [5, 5.41) is 0. The molecular weight excluding hydrogens is 231 g/mol. The molecular formula is H3CaIO4. The number of halogens is 1. The van der Waals surface area contributed by atoms with Crippen molar-refractivity contribution in [3.8, 4) is 0 Å². The average Bonchev–Trinajstić information content (AvgIpc) is 0.811. The van der Waals surface area contributed by atoms with Crippen LogP contribution in [0.3, 0.4) is 0 Å². The summed E-state index contributed by atoms with van der Waals surface area (Å²) in [6.45, 7) is 0. The van der Waals surface area contributed by atoms with Gasteiger partial charge in [0.15, 0.2) is 0 Å². The van der Waals surface area contributed by atoms with Gasteiger partial charge in [0.1, 0.15) is 0 Å². The van der Waals surface area contributed by atoms with Gasteiger partial charge >= 0.3 is 21.1 Å². The maximum absolute atomic E-state index is 8.68. The summed E-state index contributed by atoms with van der Waals surface area (Å²) in [6.07, 6.45) is 0. The van der Waals surface area contributed by atoms with Gasteiger partial charge in [0.25, 0.3) is 0 Å². The summed E-state index contributed by atoms with van der Waals surface area (Å²) in [5.74, 6) is 0. The first kappa shape index (κ1) is 15.7. The SMILES string of the molecule is O.[Ca].[O-][I+2]([O-])O. The van der Waals surface area contributed by atoms with Gasteiger partial charge < -0.3 is 12.3 Å². The van der Waals surface area contributed by atoms with Crippen LogP contribution in [-0.2, 0) is 0 Å². The van der Waals surface area contributed by atoms with E-state index < -0.39 is 21.1 Å². The van der Waals surface area contributed by atoms with Gasteiger partial charge in [-0.05, 0) is 3.44 Å². The third-order valence-corrected chi connectivity index (χ3v) is 0. The van der Waals surface area contributed by atoms with E-state index in [9.17, 15) is 0 Å². The molecule has 0 saturated carbocycles. The number of hydrogen-bond donors (Lipinski definition) is 1. The molecule has 0 spiro atoms. The molecule has 0 rings (SSSR count). The Morgan fingerprint density at radius 2 is 1.33 bits per heavy atom. The maximum atomic E-state index is 8.68. The third-order valence-electron chi connectivity index (χ3n) is 0. The molecule has 0 atom stereocenters. The molecule has 0 heterocycles. The van der Waals surface area contributed by atoms with Crippen LogP contribution in [0.1, 0.15) is 0 Å². The van der Waals surface area contributed by atoms with E-state index in [1.165, 1.54) is 0 Å². The van der Waals surface area contributed by atoms with E-state index in [2.05, 4.69) is 0 Å². The van der Waals surface area contributed by atoms with Crippen LogP contribution in [0.4, 0.5) is 0 Å². The summed E-state index contributed by atoms with van der Waals surface area (Å²) in [5.41, 5.74) is 0. The van der Waals surface area contributed by atoms with Gasteiger partial charge in [-0.3, -0.25) is 0 Å². The Morgan fingerprint density at radius 1 is 1.33 bits per heavy atom. The fourth-order valence-corrected chi connectivity index (χ4v) is 0. The van der Waals surface area contributed by atoms with Crippen LogP contribution in [0.15, 0.2) is 0 Å². The van der Waals surface area contributed by atoms with Gasteiger partial charge in [-0.1, -0.05) is 0 Å². The van der Waals surface area contributed by atoms with E-state index in [0.29, 0.717) is 0 Å². The molecule has 0 aromatic rings. The largest absolute Gasteiger partial charge is 0.503 e. The van der Waals surface area contributed by atoms with Crippen molar-refractivity contribution in [1.82, 2.24) is 0 Å². The Bertz CT molecular complexity index is 12.3. The average molecular weight is 234 g/mol. The van der Waals surface area contributed by atoms with Crippen molar-refractivity contribution in [2.24, 2.45) is 0 Å². The van der Waals surface area contributed by atoms with E-state index in [0.717, 1.165) is 0 Å². The van der Waals surface area contributed by atoms with Crippen molar-refractivity contribution >= 4 is 37.7 Å². The summed E-state index contributed by atoms with van der Waals surface area (Å²) in [4.78, 5) is 0. The summed E-state index contributed by atoms with van der Waals surface area (Å²) >= 11 is -3.76. The molecule has 0 unspecified atom stereocenters. The smallest absolute Gasteiger partial charge is 0.412 e. The Labute approximate surface area is 73.5 Å². The van der Waals surface area contributed by atoms with Crippen LogP contribution in [0.25, 0.3) is 0 Å². The molecule has 0 aliphatic heterocycles. The van der Waals surface area contributed by atoms with Crippen molar-refractivity contribution < 1.29 is 36.8 Å². The molecule has 4 nitrogen and oxygen atoms in total. The van der Waals surface area contributed by atoms with Gasteiger partial charge in [-0.2, -0.15) is 0 Å². The standard InChI is InChI=1S/Ca.HIO3.H2O/c;2-1(3)4;/h;2H;1H2. The van der Waals surface area contributed by atoms with E-state index in [1.54, 1.807) is 0 Å². The Hall–Kier alpha value is 1.83. The van der Waals surface area contributed by atoms with Crippen molar-refractivity contribution in [2.75, 3.05) is 0 Å². The fraction of sp³-hybridized carbons (Fsp3) is 0. The second-order valence-electron chi connectivity index (χ2n) is 0.201. The molecule has 0 fully saturated rings. The zero-order chi connectivity index (χ0) is 3.58. The van der Waals surface area contributed by atoms with Gasteiger partial charge in [-0.25, -0.2) is 0 Å². The van der Waals surface area contributed by atoms with Crippen molar-refractivity contribution in [3.05, 3.63) is 0 Å². The Morgan fingerprint density at radius 3 is 1.33 bits per heavy atom. The second-order valence-corrected chi connectivity index (χ2v) is 1.35. The van der Waals surface area contributed by atoms with Gasteiger partial charge in [0, 0.05) is 37.7 Å². The first-order valence-electron chi connectivity index (χ1n) is 0.478. The van der Waals surface area contributed by atoms with Gasteiger partial charge in [-0.15, -0.1) is 0 Å². The Kier molecular flexibility index (Phi) is 26.0. The van der Waals surface area contributed by atoms with Crippen LogP contribution in [-0.4, -0.2) is 46.7 Å². The Balaban J connectivity index is -0.0000000450. The fourth-order valence-electron chi connectivity index (χ4n) is 0. The number of hydrogen-bond acceptors (Lipinski definition) is 3. The first-order valence-corrected chi connectivity index (χ1v) is 3.20. The molecule has 0 saturated heterocycles. The minimum Gasteiger partial charge on any atom is -0.412 e. The first-order chi connectivity index (χ1) is 1.73. The monoisotopic (exact) mass is 234 g/mol. The topological polar surface area (TPSA) is 97.9 Å². The zero-order valence-electron chi connectivity index (χ0n) is 2.85. The van der Waals surface area contributed by atoms with Crippen molar-refractivity contribution in [2.45, 2.75) is 0 Å². The van der Waals surface area contributed by atoms with Crippen LogP contribution in [0.2, 0.25) is 0 Å². The predicted octanol–water partition coefficient (Wildman–Crippen LogP) is -7.14. The number of rotatable bonds is 0. The zero-order valence-corrected chi connectivity index (χ0v) is 7.21. The molecule has 0 aliphatic carbocycles. The molecule has 3 N–H and O–H groups in total. The van der Waals surface area contributed by atoms with Gasteiger partial charge in [0.2, 0.25) is 0 Å². The minimum absolute atomic E-state index is 0. The normalized spacial score (nSPS) is 6.00. The van der Waals surface area contributed by atoms with E-state index >= 15 is 0 Å². The van der Waals surface area contributed by atoms with E-state index in [1.807, 2.05) is 0 Å². The van der Waals surface area contributed by atoms with Crippen LogP contribution in [0.5, 0.6) is 0 Å². The molecule has 36 valence electrons. The molecule has 0 bridgehead atoms. The summed E-state index contributed by atoms with van der Waals surface area (Å²) in [7, 11) is 0. The van der Waals surface area contributed by atoms with E-state index in [-0.39, 0.29) is 43.2 Å². The van der Waals surface area contributed by atoms with Crippen molar-refractivity contribution in [1.29, 1.82) is 0 Å². The minimum atomic E-state index is -3.76. The predicted molar refractivity (Wildman–Crippen MR) is 11.6 cm³/mol. The van der Waals surface area contributed by atoms with Crippen molar-refractivity contribution in [3.63, 3.8) is 0 Å². The second kappa shape index (κ2) is 9.95. The van der Waals surface area contributed by atoms with Crippen LogP contribution < -0.4 is 27.9 Å². The van der Waals surface area contributed by atoms with E-state index in [4.69, 9.17) is 10.3 Å². The quantitative estimate of drug-likeness (QED) is 0.333. The summed E-state index contributed by atoms with van der Waals surface area (Å²) < 4.78 is 24.5.